The Morgan fingerprint density at radius 3 is 1.33 bits per heavy atom. The monoisotopic (exact) mass is 1000 g/mol. The number of nitrogens with zero attached hydrogens (tertiary/aromatic N) is 2. The molecule has 16 aromatic rings. The smallest absolute Gasteiger partial charge is 0.0640 e. The molecule has 0 saturated carbocycles. The maximum Gasteiger partial charge on any atom is 0.0640 e. The Kier molecular flexibility index (Phi) is 9.71. The summed E-state index contributed by atoms with van der Waals surface area (Å²) in [6.07, 6.45) is 0. The standard InChI is InChI=1S/C72H44N2S2/c1-2-14-50(15-3-1)73(68-25-13-24-62-60-21-9-11-27-70(60)76-72(62)68)51-36-32-46(33-37-51)49-35-41-67-65(43-49)64-42-48(45-28-30-47(31-29-45)53-22-12-23-61-59-20-8-10-26-69(59)75-71(53)61)34-40-66(64)74(67)52-38-39-58-56-18-5-4-16-54(56)55-17-6-7-19-57(55)63(58)44-52/h1-44H. The highest BCUT2D eigenvalue weighted by atomic mass is 32.1. The normalized spacial score (nSPS) is 11.9. The topological polar surface area (TPSA) is 8.17 Å². The predicted molar refractivity (Wildman–Crippen MR) is 330 cm³/mol. The molecule has 16 rings (SSSR count). The van der Waals surface area contributed by atoms with Crippen LogP contribution in [0.5, 0.6) is 0 Å². The highest BCUT2D eigenvalue weighted by Crippen LogP contribution is 2.47. The number of para-hydroxylation sites is 1. The van der Waals surface area contributed by atoms with Crippen LogP contribution in [-0.2, 0) is 0 Å². The summed E-state index contributed by atoms with van der Waals surface area (Å²) < 4.78 is 7.73. The molecule has 0 N–H and O–H groups in total. The van der Waals surface area contributed by atoms with Crippen molar-refractivity contribution in [1.29, 1.82) is 0 Å². The summed E-state index contributed by atoms with van der Waals surface area (Å²) in [5, 5.41) is 15.3. The maximum absolute atomic E-state index is 2.48. The minimum Gasteiger partial charge on any atom is -0.309 e. The molecule has 0 radical (unpaired) electrons. The van der Waals surface area contributed by atoms with Crippen molar-refractivity contribution < 1.29 is 0 Å². The lowest BCUT2D eigenvalue weighted by Gasteiger charge is -2.26. The van der Waals surface area contributed by atoms with Crippen LogP contribution in [0.2, 0.25) is 0 Å². The zero-order chi connectivity index (χ0) is 49.8. The molecular weight excluding hydrogens is 957 g/mol. The first-order chi connectivity index (χ1) is 37.7. The van der Waals surface area contributed by atoms with Crippen LogP contribution in [0.25, 0.3) is 134 Å². The number of thiophene rings is 2. The van der Waals surface area contributed by atoms with Gasteiger partial charge in [0.1, 0.15) is 0 Å². The Hall–Kier alpha value is -9.32. The van der Waals surface area contributed by atoms with Gasteiger partial charge >= 0.3 is 0 Å². The first-order valence-corrected chi connectivity index (χ1v) is 27.6. The van der Waals surface area contributed by atoms with Gasteiger partial charge in [-0.2, -0.15) is 0 Å². The molecule has 0 unspecified atom stereocenters. The van der Waals surface area contributed by atoms with Gasteiger partial charge in [0.2, 0.25) is 0 Å². The van der Waals surface area contributed by atoms with Gasteiger partial charge in [0.05, 0.1) is 21.4 Å². The van der Waals surface area contributed by atoms with Crippen LogP contribution in [0.15, 0.2) is 267 Å². The Balaban J connectivity index is 0.844. The summed E-state index contributed by atoms with van der Waals surface area (Å²) in [6, 6.07) is 99.0. The number of fused-ring (bicyclic) bond motifs is 15. The Morgan fingerprint density at radius 2 is 0.711 bits per heavy atom. The van der Waals surface area contributed by atoms with E-state index < -0.39 is 0 Å². The molecule has 0 aliphatic carbocycles. The molecule has 4 heteroatoms. The fraction of sp³-hybridized carbons (Fsp3) is 0. The van der Waals surface area contributed by atoms with Crippen LogP contribution in [0.4, 0.5) is 17.1 Å². The van der Waals surface area contributed by atoms with Gasteiger partial charge in [0, 0.05) is 63.5 Å². The van der Waals surface area contributed by atoms with Crippen LogP contribution < -0.4 is 4.90 Å². The van der Waals surface area contributed by atoms with E-state index in [1.165, 1.54) is 134 Å². The van der Waals surface area contributed by atoms with Gasteiger partial charge in [0.25, 0.3) is 0 Å². The van der Waals surface area contributed by atoms with Gasteiger partial charge in [-0.05, 0) is 145 Å². The highest BCUT2D eigenvalue weighted by molar-refractivity contribution is 7.26. The van der Waals surface area contributed by atoms with Crippen molar-refractivity contribution in [2.75, 3.05) is 4.90 Å². The Bertz CT molecular complexity index is 4950. The molecule has 0 aliphatic heterocycles. The minimum atomic E-state index is 1.12. The molecule has 354 valence electrons. The van der Waals surface area contributed by atoms with E-state index in [0.717, 1.165) is 17.1 Å². The van der Waals surface area contributed by atoms with Gasteiger partial charge in [-0.1, -0.05) is 188 Å². The summed E-state index contributed by atoms with van der Waals surface area (Å²) in [6.45, 7) is 0. The molecule has 0 amide bonds. The van der Waals surface area contributed by atoms with Gasteiger partial charge in [-0.15, -0.1) is 22.7 Å². The zero-order valence-corrected chi connectivity index (χ0v) is 42.7. The van der Waals surface area contributed by atoms with E-state index in [9.17, 15) is 0 Å². The third kappa shape index (κ3) is 6.71. The molecule has 76 heavy (non-hydrogen) atoms. The number of rotatable bonds is 7. The van der Waals surface area contributed by atoms with Crippen molar-refractivity contribution in [1.82, 2.24) is 4.57 Å². The number of anilines is 3. The van der Waals surface area contributed by atoms with Gasteiger partial charge < -0.3 is 9.47 Å². The summed E-state index contributed by atoms with van der Waals surface area (Å²) in [5.41, 5.74) is 14.2. The van der Waals surface area contributed by atoms with E-state index in [0.29, 0.717) is 0 Å². The fourth-order valence-electron chi connectivity index (χ4n) is 12.2. The van der Waals surface area contributed by atoms with Crippen LogP contribution in [-0.4, -0.2) is 4.57 Å². The van der Waals surface area contributed by atoms with Crippen LogP contribution in [0.3, 0.4) is 0 Å². The van der Waals surface area contributed by atoms with Crippen LogP contribution >= 0.6 is 22.7 Å². The van der Waals surface area contributed by atoms with Crippen molar-refractivity contribution in [3.8, 4) is 39.1 Å². The van der Waals surface area contributed by atoms with E-state index >= 15 is 0 Å². The lowest BCUT2D eigenvalue weighted by molar-refractivity contribution is 1.19. The summed E-state index contributed by atoms with van der Waals surface area (Å²) in [4.78, 5) is 2.41. The lowest BCUT2D eigenvalue weighted by atomic mass is 9.94. The second-order valence-corrected chi connectivity index (χ2v) is 22.1. The quantitative estimate of drug-likeness (QED) is 0.144. The second-order valence-electron chi connectivity index (χ2n) is 19.9. The molecule has 0 spiro atoms. The molecule has 0 aliphatic rings. The van der Waals surface area contributed by atoms with E-state index in [2.05, 4.69) is 276 Å². The number of aromatic nitrogens is 1. The Labute approximate surface area is 446 Å². The van der Waals surface area contributed by atoms with Crippen LogP contribution in [0, 0.1) is 0 Å². The van der Waals surface area contributed by atoms with Crippen LogP contribution in [0.1, 0.15) is 0 Å². The molecular formula is C72H44N2S2. The zero-order valence-electron chi connectivity index (χ0n) is 41.1. The van der Waals surface area contributed by atoms with Gasteiger partial charge in [-0.25, -0.2) is 0 Å². The fourth-order valence-corrected chi connectivity index (χ4v) is 14.7. The highest BCUT2D eigenvalue weighted by Gasteiger charge is 2.20. The molecule has 0 saturated heterocycles. The first-order valence-electron chi connectivity index (χ1n) is 26.0. The van der Waals surface area contributed by atoms with Crippen molar-refractivity contribution in [3.63, 3.8) is 0 Å². The number of benzene rings is 13. The van der Waals surface area contributed by atoms with Crippen molar-refractivity contribution in [2.45, 2.75) is 0 Å². The maximum atomic E-state index is 2.48. The average Bonchev–Trinajstić information content (AvgIpc) is 4.30. The van der Waals surface area contributed by atoms with Gasteiger partial charge in [0.15, 0.2) is 0 Å². The van der Waals surface area contributed by atoms with E-state index in [1.54, 1.807) is 0 Å². The van der Waals surface area contributed by atoms with Crippen molar-refractivity contribution in [2.24, 2.45) is 0 Å². The Morgan fingerprint density at radius 1 is 0.263 bits per heavy atom. The van der Waals surface area contributed by atoms with E-state index in [-0.39, 0.29) is 0 Å². The molecule has 2 nitrogen and oxygen atoms in total. The SMILES string of the molecule is c1ccc(N(c2ccc(-c3ccc4c(c3)c3cc(-c5ccc(-c6cccc7c6sc6ccccc67)cc5)ccc3n4-c3ccc4c5ccccc5c5ccccc5c4c3)cc2)c2cccc3c2sc2ccccc23)cc1. The molecule has 3 heterocycles. The lowest BCUT2D eigenvalue weighted by Crippen LogP contribution is -2.09. The van der Waals surface area contributed by atoms with Crippen molar-refractivity contribution >= 4 is 134 Å². The van der Waals surface area contributed by atoms with Crippen molar-refractivity contribution in [3.05, 3.63) is 267 Å². The van der Waals surface area contributed by atoms with E-state index in [4.69, 9.17) is 0 Å². The molecule has 3 aromatic heterocycles. The van der Waals surface area contributed by atoms with Gasteiger partial charge in [-0.3, -0.25) is 0 Å². The first kappa shape index (κ1) is 43.1. The molecule has 0 atom stereocenters. The average molecular weight is 1000 g/mol. The summed E-state index contributed by atoms with van der Waals surface area (Å²) in [5.74, 6) is 0. The molecule has 13 aromatic carbocycles. The summed E-state index contributed by atoms with van der Waals surface area (Å²) >= 11 is 3.75. The molecule has 0 fully saturated rings. The third-order valence-electron chi connectivity index (χ3n) is 15.8. The number of hydrogen-bond acceptors (Lipinski definition) is 3. The number of hydrogen-bond donors (Lipinski definition) is 0. The summed E-state index contributed by atoms with van der Waals surface area (Å²) in [7, 11) is 0. The van der Waals surface area contributed by atoms with E-state index in [1.807, 2.05) is 22.7 Å². The second kappa shape index (κ2) is 17.1. The largest absolute Gasteiger partial charge is 0.309 e. The molecule has 0 bridgehead atoms. The predicted octanol–water partition coefficient (Wildman–Crippen LogP) is 21.4. The minimum absolute atomic E-state index is 1.12. The third-order valence-corrected chi connectivity index (χ3v) is 18.2.